The number of aromatic nitrogens is 2. The summed E-state index contributed by atoms with van der Waals surface area (Å²) < 4.78 is 40.2. The fraction of sp³-hybridized carbons (Fsp3) is 0.190. The molecule has 1 amide bonds. The number of alkyl halides is 3. The average Bonchev–Trinajstić information content (AvgIpc) is 3.08. The fourth-order valence-corrected chi connectivity index (χ4v) is 3.26. The molecule has 7 nitrogen and oxygen atoms in total. The van der Waals surface area contributed by atoms with E-state index in [2.05, 4.69) is 25.9 Å². The Hall–Kier alpha value is -3.82. The molecule has 1 aromatic heterocycles. The Kier molecular flexibility index (Phi) is 5.37. The first-order valence-corrected chi connectivity index (χ1v) is 9.44. The van der Waals surface area contributed by atoms with Crippen LogP contribution in [0.4, 0.5) is 36.3 Å². The van der Waals surface area contributed by atoms with Gasteiger partial charge in [0, 0.05) is 24.1 Å². The monoisotopic (exact) mass is 429 g/mol. The Balaban J connectivity index is 1.53. The average molecular weight is 429 g/mol. The lowest BCUT2D eigenvalue weighted by atomic mass is 10.1. The van der Waals surface area contributed by atoms with Gasteiger partial charge in [0.15, 0.2) is 0 Å². The van der Waals surface area contributed by atoms with Crippen LogP contribution in [0.1, 0.15) is 16.7 Å². The Bertz CT molecular complexity index is 1130. The Labute approximate surface area is 175 Å². The van der Waals surface area contributed by atoms with E-state index in [1.54, 1.807) is 36.4 Å². The third kappa shape index (κ3) is 4.68. The molecule has 0 unspecified atom stereocenters. The van der Waals surface area contributed by atoms with Crippen LogP contribution in [0, 0.1) is 0 Å². The minimum atomic E-state index is -4.63. The van der Waals surface area contributed by atoms with Gasteiger partial charge in [0.05, 0.1) is 6.42 Å². The second-order valence-corrected chi connectivity index (χ2v) is 6.98. The van der Waals surface area contributed by atoms with E-state index < -0.39 is 11.7 Å². The highest BCUT2D eigenvalue weighted by Crippen LogP contribution is 2.34. The van der Waals surface area contributed by atoms with Crippen LogP contribution in [0.15, 0.2) is 48.7 Å². The molecule has 2 aromatic carbocycles. The van der Waals surface area contributed by atoms with E-state index in [9.17, 15) is 23.1 Å². The van der Waals surface area contributed by atoms with Crippen LogP contribution in [0.2, 0.25) is 0 Å². The third-order valence-corrected chi connectivity index (χ3v) is 4.76. The Morgan fingerprint density at radius 2 is 1.97 bits per heavy atom. The summed E-state index contributed by atoms with van der Waals surface area (Å²) in [6, 6.07) is 11.7. The van der Waals surface area contributed by atoms with Gasteiger partial charge in [-0.05, 0) is 41.8 Å². The molecular weight excluding hydrogens is 411 g/mol. The predicted octanol–water partition coefficient (Wildman–Crippen LogP) is 4.09. The smallest absolute Gasteiger partial charge is 0.421 e. The van der Waals surface area contributed by atoms with Crippen molar-refractivity contribution in [2.24, 2.45) is 0 Å². The maximum absolute atomic E-state index is 13.4. The van der Waals surface area contributed by atoms with Crippen LogP contribution in [0.5, 0.6) is 5.75 Å². The minimum absolute atomic E-state index is 0.0182. The lowest BCUT2D eigenvalue weighted by Crippen LogP contribution is -2.16. The van der Waals surface area contributed by atoms with Crippen molar-refractivity contribution in [3.8, 4) is 5.75 Å². The van der Waals surface area contributed by atoms with Crippen LogP contribution in [0.3, 0.4) is 0 Å². The third-order valence-electron chi connectivity index (χ3n) is 4.76. The van der Waals surface area contributed by atoms with E-state index in [1.165, 1.54) is 6.07 Å². The number of anilines is 4. The summed E-state index contributed by atoms with van der Waals surface area (Å²) >= 11 is 0. The van der Waals surface area contributed by atoms with Gasteiger partial charge >= 0.3 is 6.18 Å². The number of phenolic OH excluding ortho intramolecular Hbond substituents is 1. The zero-order valence-corrected chi connectivity index (χ0v) is 16.1. The Morgan fingerprint density at radius 3 is 2.74 bits per heavy atom. The zero-order valence-electron chi connectivity index (χ0n) is 16.1. The standard InChI is InChI=1S/C21H18F3N5O2/c22-21(23,24)15-11-26-20(27-14-5-6-16-13(9-14)10-18(31)28-16)29-19(15)25-8-7-12-3-1-2-4-17(12)30/h1-6,9,11,30H,7-8,10H2,(H,28,31)(H2,25,26,27,29). The topological polar surface area (TPSA) is 99.2 Å². The number of nitrogens with zero attached hydrogens (tertiary/aromatic N) is 2. The van der Waals surface area contributed by atoms with Crippen LogP contribution in [-0.2, 0) is 23.8 Å². The molecule has 0 spiro atoms. The molecule has 0 fully saturated rings. The van der Waals surface area contributed by atoms with Crippen molar-refractivity contribution in [1.29, 1.82) is 0 Å². The summed E-state index contributed by atoms with van der Waals surface area (Å²) in [7, 11) is 0. The van der Waals surface area contributed by atoms with Gasteiger partial charge in [-0.15, -0.1) is 0 Å². The predicted molar refractivity (Wildman–Crippen MR) is 109 cm³/mol. The SMILES string of the molecule is O=C1Cc2cc(Nc3ncc(C(F)(F)F)c(NCCc4ccccc4O)n3)ccc2N1. The molecule has 1 aliphatic heterocycles. The lowest BCUT2D eigenvalue weighted by Gasteiger charge is -2.15. The van der Waals surface area contributed by atoms with E-state index in [-0.39, 0.29) is 36.4 Å². The number of fused-ring (bicyclic) bond motifs is 1. The van der Waals surface area contributed by atoms with E-state index in [0.717, 1.165) is 11.8 Å². The van der Waals surface area contributed by atoms with Crippen molar-refractivity contribution in [3.63, 3.8) is 0 Å². The van der Waals surface area contributed by atoms with Crippen molar-refractivity contribution in [2.45, 2.75) is 19.0 Å². The maximum Gasteiger partial charge on any atom is 0.421 e. The van der Waals surface area contributed by atoms with Crippen molar-refractivity contribution in [3.05, 3.63) is 65.4 Å². The van der Waals surface area contributed by atoms with Crippen LogP contribution in [-0.4, -0.2) is 27.5 Å². The molecule has 0 saturated heterocycles. The summed E-state index contributed by atoms with van der Waals surface area (Å²) in [6.45, 7) is 0.129. The number of amides is 1. The number of para-hydroxylation sites is 1. The molecular formula is C21H18F3N5O2. The van der Waals surface area contributed by atoms with Gasteiger partial charge in [-0.25, -0.2) is 4.98 Å². The molecule has 2 heterocycles. The molecule has 0 atom stereocenters. The molecule has 0 aliphatic carbocycles. The normalized spacial score (nSPS) is 12.9. The second kappa shape index (κ2) is 8.13. The van der Waals surface area contributed by atoms with E-state index >= 15 is 0 Å². The van der Waals surface area contributed by atoms with Crippen molar-refractivity contribution in [2.75, 3.05) is 22.5 Å². The summed E-state index contributed by atoms with van der Waals surface area (Å²) in [5.41, 5.74) is 1.66. The van der Waals surface area contributed by atoms with E-state index in [4.69, 9.17) is 0 Å². The van der Waals surface area contributed by atoms with Crippen LogP contribution < -0.4 is 16.0 Å². The molecule has 10 heteroatoms. The quantitative estimate of drug-likeness (QED) is 0.471. The molecule has 3 aromatic rings. The van der Waals surface area contributed by atoms with Crippen molar-refractivity contribution < 1.29 is 23.1 Å². The lowest BCUT2D eigenvalue weighted by molar-refractivity contribution is -0.137. The first-order valence-electron chi connectivity index (χ1n) is 9.44. The van der Waals surface area contributed by atoms with Crippen LogP contribution >= 0.6 is 0 Å². The van der Waals surface area contributed by atoms with Crippen molar-refractivity contribution >= 4 is 29.0 Å². The van der Waals surface area contributed by atoms with E-state index in [0.29, 0.717) is 23.4 Å². The number of aromatic hydroxyl groups is 1. The van der Waals surface area contributed by atoms with Gasteiger partial charge in [-0.1, -0.05) is 18.2 Å². The largest absolute Gasteiger partial charge is 0.508 e. The first-order chi connectivity index (χ1) is 14.8. The second-order valence-electron chi connectivity index (χ2n) is 6.98. The molecule has 0 radical (unpaired) electrons. The van der Waals surface area contributed by atoms with Crippen LogP contribution in [0.25, 0.3) is 0 Å². The van der Waals surface area contributed by atoms with Gasteiger partial charge in [-0.3, -0.25) is 4.79 Å². The molecule has 0 saturated carbocycles. The highest BCUT2D eigenvalue weighted by atomic mass is 19.4. The number of phenols is 1. The highest BCUT2D eigenvalue weighted by Gasteiger charge is 2.35. The fourth-order valence-electron chi connectivity index (χ4n) is 3.26. The number of carbonyl (C=O) groups excluding carboxylic acids is 1. The molecule has 4 rings (SSSR count). The van der Waals surface area contributed by atoms with Gasteiger partial charge < -0.3 is 21.1 Å². The summed E-state index contributed by atoms with van der Waals surface area (Å²) in [4.78, 5) is 19.3. The molecule has 4 N–H and O–H groups in total. The minimum Gasteiger partial charge on any atom is -0.508 e. The number of rotatable bonds is 6. The number of carbonyl (C=O) groups is 1. The molecule has 31 heavy (non-hydrogen) atoms. The first kappa shape index (κ1) is 20.5. The molecule has 160 valence electrons. The summed E-state index contributed by atoms with van der Waals surface area (Å²) in [5.74, 6) is -0.419. The van der Waals surface area contributed by atoms with Gasteiger partial charge in [0.25, 0.3) is 0 Å². The highest BCUT2D eigenvalue weighted by molar-refractivity contribution is 5.99. The van der Waals surface area contributed by atoms with Crippen molar-refractivity contribution in [1.82, 2.24) is 9.97 Å². The summed E-state index contributed by atoms with van der Waals surface area (Å²) in [6.07, 6.45) is -3.37. The maximum atomic E-state index is 13.4. The number of halogens is 3. The number of benzene rings is 2. The number of hydrogen-bond acceptors (Lipinski definition) is 6. The summed E-state index contributed by atoms with van der Waals surface area (Å²) in [5, 5.41) is 18.1. The molecule has 0 bridgehead atoms. The Morgan fingerprint density at radius 1 is 1.16 bits per heavy atom. The van der Waals surface area contributed by atoms with Gasteiger partial charge in [0.1, 0.15) is 17.1 Å². The van der Waals surface area contributed by atoms with Gasteiger partial charge in [0.2, 0.25) is 11.9 Å². The number of nitrogens with one attached hydrogen (secondary N) is 3. The zero-order chi connectivity index (χ0) is 22.0. The molecule has 1 aliphatic rings. The number of hydrogen-bond donors (Lipinski definition) is 4. The van der Waals surface area contributed by atoms with E-state index in [1.807, 2.05) is 0 Å². The van der Waals surface area contributed by atoms with Gasteiger partial charge in [-0.2, -0.15) is 18.2 Å².